The van der Waals surface area contributed by atoms with Crippen LogP contribution in [0.25, 0.3) is 0 Å². The first-order chi connectivity index (χ1) is 7.41. The number of halogens is 3. The van der Waals surface area contributed by atoms with Gasteiger partial charge in [-0.3, -0.25) is 4.79 Å². The molecule has 5 N–H and O–H groups in total. The standard InChI is InChI=1S/C9H10BrF2N3O/c10-5-1-4(11)2-6(12)8(5)15-3-7(13)9(14)16/h1-2,7,15H,3,13H2,(H2,14,16). The molecule has 1 aromatic carbocycles. The van der Waals surface area contributed by atoms with E-state index in [1.54, 1.807) is 0 Å². The molecule has 7 heteroatoms. The van der Waals surface area contributed by atoms with Crippen LogP contribution in [0.15, 0.2) is 16.6 Å². The van der Waals surface area contributed by atoms with Crippen LogP contribution >= 0.6 is 15.9 Å². The number of hydrogen-bond acceptors (Lipinski definition) is 3. The number of amides is 1. The summed E-state index contributed by atoms with van der Waals surface area (Å²) >= 11 is 2.99. The molecule has 1 rings (SSSR count). The van der Waals surface area contributed by atoms with Crippen molar-refractivity contribution in [2.24, 2.45) is 11.5 Å². The molecule has 0 fully saturated rings. The van der Waals surface area contributed by atoms with Gasteiger partial charge in [-0.15, -0.1) is 0 Å². The Bertz CT molecular complexity index is 391. The topological polar surface area (TPSA) is 81.1 Å². The van der Waals surface area contributed by atoms with E-state index in [1.165, 1.54) is 0 Å². The molecule has 1 unspecified atom stereocenters. The predicted octanol–water partition coefficient (Wildman–Crippen LogP) is 0.952. The quantitative estimate of drug-likeness (QED) is 0.773. The third-order valence-corrected chi connectivity index (χ3v) is 2.50. The van der Waals surface area contributed by atoms with Crippen molar-refractivity contribution in [2.45, 2.75) is 6.04 Å². The Kier molecular flexibility index (Phi) is 4.19. The summed E-state index contributed by atoms with van der Waals surface area (Å²) in [5, 5.41) is 2.58. The van der Waals surface area contributed by atoms with E-state index in [1.807, 2.05) is 0 Å². The van der Waals surface area contributed by atoms with Crippen molar-refractivity contribution in [2.75, 3.05) is 11.9 Å². The molecule has 0 radical (unpaired) electrons. The van der Waals surface area contributed by atoms with Gasteiger partial charge < -0.3 is 16.8 Å². The zero-order chi connectivity index (χ0) is 12.3. The summed E-state index contributed by atoms with van der Waals surface area (Å²) in [6, 6.07) is 0.890. The van der Waals surface area contributed by atoms with E-state index in [-0.39, 0.29) is 16.7 Å². The SMILES string of the molecule is NC(=O)C(N)CNc1c(F)cc(F)cc1Br. The zero-order valence-electron chi connectivity index (χ0n) is 8.14. The molecule has 0 aliphatic rings. The molecule has 1 amide bonds. The van der Waals surface area contributed by atoms with E-state index >= 15 is 0 Å². The molecule has 0 bridgehead atoms. The highest BCUT2D eigenvalue weighted by atomic mass is 79.9. The van der Waals surface area contributed by atoms with Crippen molar-refractivity contribution >= 4 is 27.5 Å². The van der Waals surface area contributed by atoms with Crippen molar-refractivity contribution in [1.82, 2.24) is 0 Å². The lowest BCUT2D eigenvalue weighted by molar-refractivity contribution is -0.118. The lowest BCUT2D eigenvalue weighted by Crippen LogP contribution is -2.41. The summed E-state index contributed by atoms with van der Waals surface area (Å²) in [6.45, 7) is -0.0313. The van der Waals surface area contributed by atoms with Crippen molar-refractivity contribution in [3.63, 3.8) is 0 Å². The van der Waals surface area contributed by atoms with Crippen LogP contribution in [0.3, 0.4) is 0 Å². The molecular weight excluding hydrogens is 284 g/mol. The number of primary amides is 1. The van der Waals surface area contributed by atoms with Gasteiger partial charge in [-0.2, -0.15) is 0 Å². The summed E-state index contributed by atoms with van der Waals surface area (Å²) in [6.07, 6.45) is 0. The van der Waals surface area contributed by atoms with Crippen LogP contribution in [-0.4, -0.2) is 18.5 Å². The van der Waals surface area contributed by atoms with Crippen molar-refractivity contribution < 1.29 is 13.6 Å². The number of rotatable bonds is 4. The van der Waals surface area contributed by atoms with Gasteiger partial charge in [0.1, 0.15) is 17.7 Å². The van der Waals surface area contributed by atoms with Gasteiger partial charge in [0.25, 0.3) is 0 Å². The minimum absolute atomic E-state index is 0.0313. The van der Waals surface area contributed by atoms with Gasteiger partial charge in [0.2, 0.25) is 5.91 Å². The minimum atomic E-state index is -0.934. The van der Waals surface area contributed by atoms with Crippen LogP contribution in [0.2, 0.25) is 0 Å². The number of nitrogens with two attached hydrogens (primary N) is 2. The first-order valence-electron chi connectivity index (χ1n) is 4.35. The Morgan fingerprint density at radius 1 is 1.50 bits per heavy atom. The molecule has 0 aliphatic heterocycles. The maximum atomic E-state index is 13.3. The van der Waals surface area contributed by atoms with Gasteiger partial charge in [-0.1, -0.05) is 0 Å². The second kappa shape index (κ2) is 5.22. The number of carbonyl (C=O) groups excluding carboxylic acids is 1. The van der Waals surface area contributed by atoms with E-state index in [2.05, 4.69) is 21.2 Å². The van der Waals surface area contributed by atoms with E-state index in [0.717, 1.165) is 12.1 Å². The van der Waals surface area contributed by atoms with Gasteiger partial charge in [-0.05, 0) is 22.0 Å². The third-order valence-electron chi connectivity index (χ3n) is 1.87. The molecule has 0 saturated heterocycles. The van der Waals surface area contributed by atoms with Crippen LogP contribution in [0, 0.1) is 11.6 Å². The molecule has 1 atom stereocenters. The smallest absolute Gasteiger partial charge is 0.236 e. The normalized spacial score (nSPS) is 12.2. The van der Waals surface area contributed by atoms with Crippen LogP contribution in [-0.2, 0) is 4.79 Å². The Balaban J connectivity index is 2.78. The lowest BCUT2D eigenvalue weighted by atomic mass is 10.2. The van der Waals surface area contributed by atoms with Gasteiger partial charge in [0, 0.05) is 17.1 Å². The van der Waals surface area contributed by atoms with Gasteiger partial charge >= 0.3 is 0 Å². The minimum Gasteiger partial charge on any atom is -0.380 e. The lowest BCUT2D eigenvalue weighted by Gasteiger charge is -2.12. The summed E-state index contributed by atoms with van der Waals surface area (Å²) < 4.78 is 26.2. The second-order valence-electron chi connectivity index (χ2n) is 3.13. The monoisotopic (exact) mass is 293 g/mol. The Morgan fingerprint density at radius 3 is 2.62 bits per heavy atom. The van der Waals surface area contributed by atoms with Crippen LogP contribution in [0.4, 0.5) is 14.5 Å². The number of benzene rings is 1. The number of nitrogens with one attached hydrogen (secondary N) is 1. The van der Waals surface area contributed by atoms with E-state index in [9.17, 15) is 13.6 Å². The average molecular weight is 294 g/mol. The molecule has 0 heterocycles. The van der Waals surface area contributed by atoms with Crippen molar-refractivity contribution in [3.8, 4) is 0 Å². The van der Waals surface area contributed by atoms with E-state index < -0.39 is 23.6 Å². The first kappa shape index (κ1) is 12.9. The fourth-order valence-corrected chi connectivity index (χ4v) is 1.57. The summed E-state index contributed by atoms with van der Waals surface area (Å²) in [4.78, 5) is 10.6. The van der Waals surface area contributed by atoms with E-state index in [4.69, 9.17) is 11.5 Å². The molecule has 0 saturated carbocycles. The second-order valence-corrected chi connectivity index (χ2v) is 3.99. The zero-order valence-corrected chi connectivity index (χ0v) is 9.72. The fraction of sp³-hybridized carbons (Fsp3) is 0.222. The number of hydrogen-bond donors (Lipinski definition) is 3. The summed E-state index contributed by atoms with van der Waals surface area (Å²) in [5.74, 6) is -2.18. The third kappa shape index (κ3) is 3.14. The van der Waals surface area contributed by atoms with Gasteiger partial charge in [0.05, 0.1) is 5.69 Å². The van der Waals surface area contributed by atoms with Crippen molar-refractivity contribution in [1.29, 1.82) is 0 Å². The molecule has 0 aliphatic carbocycles. The van der Waals surface area contributed by atoms with Crippen LogP contribution < -0.4 is 16.8 Å². The number of anilines is 1. The molecule has 4 nitrogen and oxygen atoms in total. The van der Waals surface area contributed by atoms with Crippen LogP contribution in [0.5, 0.6) is 0 Å². The average Bonchev–Trinajstić information content (AvgIpc) is 2.15. The summed E-state index contributed by atoms with van der Waals surface area (Å²) in [5.41, 5.74) is 10.3. The molecule has 1 aromatic rings. The summed E-state index contributed by atoms with van der Waals surface area (Å²) in [7, 11) is 0. The maximum absolute atomic E-state index is 13.3. The molecule has 88 valence electrons. The Labute approximate surface area is 99.1 Å². The highest BCUT2D eigenvalue weighted by Gasteiger charge is 2.13. The highest BCUT2D eigenvalue weighted by molar-refractivity contribution is 9.10. The van der Waals surface area contributed by atoms with Gasteiger partial charge in [-0.25, -0.2) is 8.78 Å². The Morgan fingerprint density at radius 2 is 2.12 bits per heavy atom. The highest BCUT2D eigenvalue weighted by Crippen LogP contribution is 2.26. The predicted molar refractivity (Wildman–Crippen MR) is 59.7 cm³/mol. The molecular formula is C9H10BrF2N3O. The van der Waals surface area contributed by atoms with Crippen molar-refractivity contribution in [3.05, 3.63) is 28.2 Å². The fourth-order valence-electron chi connectivity index (χ4n) is 1.02. The van der Waals surface area contributed by atoms with Crippen LogP contribution in [0.1, 0.15) is 0 Å². The number of carbonyl (C=O) groups is 1. The largest absolute Gasteiger partial charge is 0.380 e. The van der Waals surface area contributed by atoms with Gasteiger partial charge in [0.15, 0.2) is 0 Å². The molecule has 16 heavy (non-hydrogen) atoms. The molecule has 0 aromatic heterocycles. The first-order valence-corrected chi connectivity index (χ1v) is 5.14. The Hall–Kier alpha value is -1.21. The molecule has 0 spiro atoms. The van der Waals surface area contributed by atoms with E-state index in [0.29, 0.717) is 0 Å². The maximum Gasteiger partial charge on any atom is 0.236 e.